The van der Waals surface area contributed by atoms with Crippen molar-refractivity contribution in [1.82, 2.24) is 0 Å². The number of alkyl halides is 3. The Morgan fingerprint density at radius 1 is 1.00 bits per heavy atom. The molecule has 1 amide bonds. The Morgan fingerprint density at radius 3 is 2.43 bits per heavy atom. The summed E-state index contributed by atoms with van der Waals surface area (Å²) in [6.45, 7) is 4.98. The summed E-state index contributed by atoms with van der Waals surface area (Å²) in [5, 5.41) is 11.8. The fourth-order valence-electron chi connectivity index (χ4n) is 3.35. The number of nitrogens with zero attached hydrogens (tertiary/aromatic N) is 1. The number of carbonyl (C=O) groups excluding carboxylic acids is 1. The van der Waals surface area contributed by atoms with E-state index in [-0.39, 0.29) is 11.3 Å². The van der Waals surface area contributed by atoms with Crippen molar-refractivity contribution in [1.29, 1.82) is 5.26 Å². The molecule has 0 spiro atoms. The molecule has 2 aromatic rings. The van der Waals surface area contributed by atoms with Gasteiger partial charge in [-0.15, -0.1) is 0 Å². The molecule has 0 unspecified atom stereocenters. The van der Waals surface area contributed by atoms with Crippen LogP contribution in [0, 0.1) is 11.3 Å². The van der Waals surface area contributed by atoms with E-state index in [1.165, 1.54) is 43.9 Å². The van der Waals surface area contributed by atoms with Crippen LogP contribution in [0.25, 0.3) is 6.08 Å². The van der Waals surface area contributed by atoms with E-state index in [1.807, 2.05) is 6.92 Å². The number of hydrogen-bond acceptors (Lipinski definition) is 4. The van der Waals surface area contributed by atoms with Gasteiger partial charge < -0.3 is 14.8 Å². The zero-order valence-electron chi connectivity index (χ0n) is 20.1. The number of anilines is 1. The van der Waals surface area contributed by atoms with E-state index in [4.69, 9.17) is 9.47 Å². The van der Waals surface area contributed by atoms with Gasteiger partial charge in [0.05, 0.1) is 18.8 Å². The van der Waals surface area contributed by atoms with Crippen LogP contribution in [0.15, 0.2) is 48.0 Å². The van der Waals surface area contributed by atoms with E-state index < -0.39 is 17.6 Å². The molecule has 0 saturated heterocycles. The average molecular weight is 489 g/mol. The minimum absolute atomic E-state index is 0.0561. The van der Waals surface area contributed by atoms with Crippen molar-refractivity contribution in [3.63, 3.8) is 0 Å². The van der Waals surface area contributed by atoms with E-state index in [1.54, 1.807) is 24.3 Å². The van der Waals surface area contributed by atoms with Crippen molar-refractivity contribution in [3.8, 4) is 17.6 Å². The quantitative estimate of drug-likeness (QED) is 0.181. The summed E-state index contributed by atoms with van der Waals surface area (Å²) in [5.74, 6) is 0.250. The van der Waals surface area contributed by atoms with Gasteiger partial charge in [0.15, 0.2) is 11.5 Å². The number of nitriles is 1. The molecule has 188 valence electrons. The number of nitrogens with one attached hydrogen (secondary N) is 1. The highest BCUT2D eigenvalue weighted by molar-refractivity contribution is 6.09. The zero-order chi connectivity index (χ0) is 25.7. The van der Waals surface area contributed by atoms with Gasteiger partial charge in [-0.05, 0) is 55.3 Å². The molecule has 0 atom stereocenters. The van der Waals surface area contributed by atoms with Gasteiger partial charge in [0.2, 0.25) is 0 Å². The number of ether oxygens (including phenoxy) is 2. The fraction of sp³-hybridized carbons (Fsp3) is 0.407. The lowest BCUT2D eigenvalue weighted by atomic mass is 10.1. The lowest BCUT2D eigenvalue weighted by molar-refractivity contribution is -0.137. The van der Waals surface area contributed by atoms with Gasteiger partial charge >= 0.3 is 6.18 Å². The van der Waals surface area contributed by atoms with Crippen LogP contribution in [-0.2, 0) is 11.0 Å². The summed E-state index contributed by atoms with van der Waals surface area (Å²) in [5.41, 5.74) is -0.683. The van der Waals surface area contributed by atoms with Crippen molar-refractivity contribution in [2.45, 2.75) is 58.5 Å². The third kappa shape index (κ3) is 9.36. The fourth-order valence-corrected chi connectivity index (χ4v) is 3.35. The summed E-state index contributed by atoms with van der Waals surface area (Å²) < 4.78 is 50.3. The highest BCUT2D eigenvalue weighted by Crippen LogP contribution is 2.31. The molecule has 0 bridgehead atoms. The molecule has 0 aliphatic heterocycles. The van der Waals surface area contributed by atoms with Crippen LogP contribution in [0.3, 0.4) is 0 Å². The smallest absolute Gasteiger partial charge is 0.416 e. The first-order valence-corrected chi connectivity index (χ1v) is 11.8. The van der Waals surface area contributed by atoms with Crippen molar-refractivity contribution in [3.05, 3.63) is 59.2 Å². The van der Waals surface area contributed by atoms with E-state index in [2.05, 4.69) is 12.2 Å². The molecule has 0 saturated carbocycles. The molecule has 35 heavy (non-hydrogen) atoms. The predicted octanol–water partition coefficient (Wildman–Crippen LogP) is 7.39. The molecule has 0 aliphatic rings. The summed E-state index contributed by atoms with van der Waals surface area (Å²) >= 11 is 0. The molecular formula is C27H31F3N2O3. The van der Waals surface area contributed by atoms with Crippen molar-refractivity contribution >= 4 is 17.7 Å². The Balaban J connectivity index is 2.08. The molecule has 0 fully saturated rings. The maximum absolute atomic E-state index is 12.9. The maximum atomic E-state index is 12.9. The van der Waals surface area contributed by atoms with Crippen molar-refractivity contribution < 1.29 is 27.4 Å². The highest BCUT2D eigenvalue weighted by Gasteiger charge is 2.30. The van der Waals surface area contributed by atoms with E-state index in [0.717, 1.165) is 25.0 Å². The van der Waals surface area contributed by atoms with Crippen molar-refractivity contribution in [2.75, 3.05) is 18.5 Å². The summed E-state index contributed by atoms with van der Waals surface area (Å²) in [7, 11) is 0. The Morgan fingerprint density at radius 2 is 1.74 bits per heavy atom. The first-order valence-electron chi connectivity index (χ1n) is 11.8. The van der Waals surface area contributed by atoms with E-state index in [0.29, 0.717) is 30.3 Å². The number of amides is 1. The second-order valence-electron chi connectivity index (χ2n) is 7.96. The van der Waals surface area contributed by atoms with E-state index >= 15 is 0 Å². The van der Waals surface area contributed by atoms with Crippen LogP contribution in [0.4, 0.5) is 18.9 Å². The predicted molar refractivity (Wildman–Crippen MR) is 130 cm³/mol. The molecular weight excluding hydrogens is 457 g/mol. The number of benzene rings is 2. The number of hydrogen-bond donors (Lipinski definition) is 1. The number of unbranched alkanes of at least 4 members (excludes halogenated alkanes) is 5. The Bertz CT molecular complexity index is 1040. The van der Waals surface area contributed by atoms with Gasteiger partial charge in [0.1, 0.15) is 11.6 Å². The van der Waals surface area contributed by atoms with Gasteiger partial charge in [0, 0.05) is 5.69 Å². The third-order valence-corrected chi connectivity index (χ3v) is 5.15. The largest absolute Gasteiger partial charge is 0.490 e. The third-order valence-electron chi connectivity index (χ3n) is 5.15. The van der Waals surface area contributed by atoms with Gasteiger partial charge in [-0.25, -0.2) is 0 Å². The van der Waals surface area contributed by atoms with Crippen molar-refractivity contribution in [2.24, 2.45) is 0 Å². The molecule has 8 heteroatoms. The Kier molecular flexibility index (Phi) is 11.1. The van der Waals surface area contributed by atoms with Crippen LogP contribution < -0.4 is 14.8 Å². The number of rotatable bonds is 13. The van der Waals surface area contributed by atoms with E-state index in [9.17, 15) is 23.2 Å². The maximum Gasteiger partial charge on any atom is 0.416 e. The molecule has 2 rings (SSSR count). The molecule has 1 N–H and O–H groups in total. The monoisotopic (exact) mass is 488 g/mol. The Labute approximate surface area is 204 Å². The molecule has 0 aliphatic carbocycles. The average Bonchev–Trinajstić information content (AvgIpc) is 2.82. The lowest BCUT2D eigenvalue weighted by Crippen LogP contribution is -2.14. The molecule has 0 heterocycles. The topological polar surface area (TPSA) is 71.3 Å². The normalized spacial score (nSPS) is 11.6. The Hall–Kier alpha value is -3.47. The van der Waals surface area contributed by atoms with Crippen LogP contribution in [0.5, 0.6) is 11.5 Å². The van der Waals surface area contributed by atoms with Gasteiger partial charge in [-0.1, -0.05) is 51.2 Å². The molecule has 0 aromatic heterocycles. The van der Waals surface area contributed by atoms with Gasteiger partial charge in [-0.3, -0.25) is 4.79 Å². The first-order chi connectivity index (χ1) is 16.8. The van der Waals surface area contributed by atoms with Crippen LogP contribution >= 0.6 is 0 Å². The van der Waals surface area contributed by atoms with Gasteiger partial charge in [0.25, 0.3) is 5.91 Å². The minimum atomic E-state index is -4.54. The number of halogens is 3. The lowest BCUT2D eigenvalue weighted by Gasteiger charge is -2.13. The second-order valence-corrected chi connectivity index (χ2v) is 7.96. The minimum Gasteiger partial charge on any atom is -0.490 e. The molecule has 0 radical (unpaired) electrons. The summed E-state index contributed by atoms with van der Waals surface area (Å²) in [6, 6.07) is 11.1. The second kappa shape index (κ2) is 14.1. The summed E-state index contributed by atoms with van der Waals surface area (Å²) in [6.07, 6.45) is 3.69. The van der Waals surface area contributed by atoms with Crippen LogP contribution in [0.1, 0.15) is 63.5 Å². The number of carbonyl (C=O) groups is 1. The molecule has 2 aromatic carbocycles. The standard InChI is InChI=1S/C27H31F3N2O3/c1-3-5-6-7-8-9-15-35-24-14-13-20(17-25(24)34-4-2)16-21(19-31)26(33)32-23-12-10-11-22(18-23)27(28,29)30/h10-14,16-18H,3-9,15H2,1-2H3,(H,32,33). The van der Waals surface area contributed by atoms with Gasteiger partial charge in [-0.2, -0.15) is 18.4 Å². The van der Waals surface area contributed by atoms with Crippen LogP contribution in [-0.4, -0.2) is 19.1 Å². The molecule has 5 nitrogen and oxygen atoms in total. The zero-order valence-corrected chi connectivity index (χ0v) is 20.1. The summed E-state index contributed by atoms with van der Waals surface area (Å²) in [4.78, 5) is 12.5. The SMILES string of the molecule is CCCCCCCCOc1ccc(C=C(C#N)C(=O)Nc2cccc(C(F)(F)F)c2)cc1OCC. The first kappa shape index (κ1) is 27.8. The highest BCUT2D eigenvalue weighted by atomic mass is 19.4. The van der Waals surface area contributed by atoms with Crippen LogP contribution in [0.2, 0.25) is 0 Å².